The number of aryl methyl sites for hydroxylation is 1. The first-order valence-electron chi connectivity index (χ1n) is 12.7. The molecule has 1 fully saturated rings. The molecule has 1 heterocycles. The van der Waals surface area contributed by atoms with Crippen LogP contribution < -0.4 is 9.47 Å². The zero-order chi connectivity index (χ0) is 25.7. The van der Waals surface area contributed by atoms with Crippen molar-refractivity contribution in [2.24, 2.45) is 5.92 Å². The molecule has 0 aliphatic heterocycles. The Morgan fingerprint density at radius 1 is 1.06 bits per heavy atom. The van der Waals surface area contributed by atoms with E-state index in [0.717, 1.165) is 23.5 Å². The van der Waals surface area contributed by atoms with Crippen LogP contribution in [0.3, 0.4) is 0 Å². The van der Waals surface area contributed by atoms with E-state index in [-0.39, 0.29) is 5.60 Å². The number of rotatable bonds is 12. The lowest BCUT2D eigenvalue weighted by atomic mass is 10.2. The molecule has 0 amide bonds. The minimum Gasteiger partial charge on any atom is -0.493 e. The van der Waals surface area contributed by atoms with Crippen LogP contribution in [0.4, 0.5) is 0 Å². The molecule has 1 aromatic heterocycles. The van der Waals surface area contributed by atoms with Gasteiger partial charge in [0.15, 0.2) is 11.5 Å². The van der Waals surface area contributed by atoms with E-state index in [4.69, 9.17) is 19.3 Å². The number of ether oxygens (including phenoxy) is 3. The normalized spacial score (nSPS) is 14.8. The Morgan fingerprint density at radius 2 is 1.72 bits per heavy atom. The van der Waals surface area contributed by atoms with Crippen LogP contribution in [0.2, 0.25) is 0 Å². The SMILES string of the molecule is COc1ccccc1Oc1c(CN(CC2CC2)C[C@@H](O)COC(C)(C)C)c(C)nn1-c1ccccc1. The first-order valence-corrected chi connectivity index (χ1v) is 12.7. The second kappa shape index (κ2) is 11.5. The van der Waals surface area contributed by atoms with Gasteiger partial charge < -0.3 is 19.3 Å². The minimum absolute atomic E-state index is 0.286. The topological polar surface area (TPSA) is 69.0 Å². The van der Waals surface area contributed by atoms with Crippen LogP contribution in [-0.2, 0) is 11.3 Å². The maximum atomic E-state index is 10.8. The summed E-state index contributed by atoms with van der Waals surface area (Å²) in [5.41, 5.74) is 2.52. The van der Waals surface area contributed by atoms with Crippen molar-refractivity contribution in [1.29, 1.82) is 0 Å². The third-order valence-corrected chi connectivity index (χ3v) is 6.19. The Balaban J connectivity index is 1.64. The van der Waals surface area contributed by atoms with Gasteiger partial charge in [0.1, 0.15) is 0 Å². The van der Waals surface area contributed by atoms with E-state index >= 15 is 0 Å². The van der Waals surface area contributed by atoms with Gasteiger partial charge in [0, 0.05) is 19.6 Å². The Morgan fingerprint density at radius 3 is 2.36 bits per heavy atom. The number of para-hydroxylation sites is 3. The molecule has 4 rings (SSSR count). The highest BCUT2D eigenvalue weighted by molar-refractivity contribution is 5.47. The second-order valence-corrected chi connectivity index (χ2v) is 10.6. The molecule has 1 aliphatic carbocycles. The Kier molecular flexibility index (Phi) is 8.34. The van der Waals surface area contributed by atoms with Gasteiger partial charge in [0.25, 0.3) is 0 Å². The van der Waals surface area contributed by atoms with Crippen molar-refractivity contribution in [3.63, 3.8) is 0 Å². The van der Waals surface area contributed by atoms with Gasteiger partial charge in [0.05, 0.1) is 42.4 Å². The molecule has 7 heteroatoms. The van der Waals surface area contributed by atoms with Crippen LogP contribution in [0.15, 0.2) is 54.6 Å². The Labute approximate surface area is 214 Å². The summed E-state index contributed by atoms with van der Waals surface area (Å²) in [6.45, 7) is 10.4. The van der Waals surface area contributed by atoms with Crippen LogP contribution in [-0.4, -0.2) is 58.3 Å². The standard InChI is InChI=1S/C29H39N3O4/c1-21-25(19-31(17-22-15-16-22)18-24(33)20-35-29(2,3)4)28(32(30-21)23-11-7-6-8-12-23)36-27-14-10-9-13-26(27)34-5/h6-14,22,24,33H,15-20H2,1-5H3/t24-/m1/s1. The summed E-state index contributed by atoms with van der Waals surface area (Å²) >= 11 is 0. The summed E-state index contributed by atoms with van der Waals surface area (Å²) in [6, 6.07) is 17.6. The summed E-state index contributed by atoms with van der Waals surface area (Å²) in [5.74, 6) is 2.62. The third kappa shape index (κ3) is 7.09. The number of aliphatic hydroxyl groups excluding tert-OH is 1. The molecule has 1 aliphatic rings. The highest BCUT2D eigenvalue weighted by atomic mass is 16.5. The summed E-state index contributed by atoms with van der Waals surface area (Å²) in [6.07, 6.45) is 1.89. The van der Waals surface area contributed by atoms with Crippen molar-refractivity contribution in [2.75, 3.05) is 26.8 Å². The lowest BCUT2D eigenvalue weighted by Gasteiger charge is -2.27. The number of nitrogens with zero attached hydrogens (tertiary/aromatic N) is 3. The van der Waals surface area contributed by atoms with Crippen LogP contribution in [0.5, 0.6) is 17.4 Å². The zero-order valence-corrected chi connectivity index (χ0v) is 22.1. The predicted octanol–water partition coefficient (Wildman–Crippen LogP) is 5.37. The molecule has 3 aromatic rings. The second-order valence-electron chi connectivity index (χ2n) is 10.6. The van der Waals surface area contributed by atoms with E-state index in [1.54, 1.807) is 7.11 Å². The first-order chi connectivity index (χ1) is 17.2. The molecule has 1 N–H and O–H groups in total. The zero-order valence-electron chi connectivity index (χ0n) is 22.1. The maximum Gasteiger partial charge on any atom is 0.227 e. The van der Waals surface area contributed by atoms with Crippen molar-refractivity contribution >= 4 is 0 Å². The Bertz CT molecular complexity index is 1120. The largest absolute Gasteiger partial charge is 0.493 e. The van der Waals surface area contributed by atoms with Crippen LogP contribution in [0.25, 0.3) is 5.69 Å². The molecule has 1 atom stereocenters. The molecule has 0 radical (unpaired) electrons. The summed E-state index contributed by atoms with van der Waals surface area (Å²) in [4.78, 5) is 2.31. The lowest BCUT2D eigenvalue weighted by molar-refractivity contribution is -0.0569. The number of benzene rings is 2. The highest BCUT2D eigenvalue weighted by Gasteiger charge is 2.29. The molecule has 1 saturated carbocycles. The highest BCUT2D eigenvalue weighted by Crippen LogP contribution is 2.37. The quantitative estimate of drug-likeness (QED) is 0.366. The van der Waals surface area contributed by atoms with Crippen molar-refractivity contribution in [3.05, 3.63) is 65.9 Å². The molecule has 0 saturated heterocycles. The average molecular weight is 494 g/mol. The van der Waals surface area contributed by atoms with Crippen molar-refractivity contribution < 1.29 is 19.3 Å². The fourth-order valence-electron chi connectivity index (χ4n) is 4.17. The van der Waals surface area contributed by atoms with Gasteiger partial charge in [-0.25, -0.2) is 4.68 Å². The minimum atomic E-state index is -0.578. The molecule has 2 aromatic carbocycles. The van der Waals surface area contributed by atoms with Gasteiger partial charge in [-0.15, -0.1) is 0 Å². The molecule has 0 unspecified atom stereocenters. The van der Waals surface area contributed by atoms with Gasteiger partial charge >= 0.3 is 0 Å². The third-order valence-electron chi connectivity index (χ3n) is 6.19. The maximum absolute atomic E-state index is 10.8. The van der Waals surface area contributed by atoms with Gasteiger partial charge in [-0.05, 0) is 70.7 Å². The predicted molar refractivity (Wildman–Crippen MR) is 141 cm³/mol. The molecule has 194 valence electrons. The fourth-order valence-corrected chi connectivity index (χ4v) is 4.17. The number of hydrogen-bond acceptors (Lipinski definition) is 6. The van der Waals surface area contributed by atoms with E-state index in [1.165, 1.54) is 12.8 Å². The van der Waals surface area contributed by atoms with E-state index in [2.05, 4.69) is 4.90 Å². The van der Waals surface area contributed by atoms with Crippen LogP contribution >= 0.6 is 0 Å². The molecule has 0 spiro atoms. The number of methoxy groups -OCH3 is 1. The Hall–Kier alpha value is -2.87. The molecular weight excluding hydrogens is 454 g/mol. The number of hydrogen-bond donors (Lipinski definition) is 1. The molecule has 7 nitrogen and oxygen atoms in total. The van der Waals surface area contributed by atoms with E-state index in [1.807, 2.05) is 87.0 Å². The van der Waals surface area contributed by atoms with Crippen molar-refractivity contribution in [3.8, 4) is 23.1 Å². The number of aromatic nitrogens is 2. The summed E-state index contributed by atoms with van der Waals surface area (Å²) in [5, 5.41) is 15.6. The summed E-state index contributed by atoms with van der Waals surface area (Å²) in [7, 11) is 1.64. The van der Waals surface area contributed by atoms with Gasteiger partial charge in [-0.1, -0.05) is 30.3 Å². The lowest BCUT2D eigenvalue weighted by Crippen LogP contribution is -2.37. The smallest absolute Gasteiger partial charge is 0.227 e. The van der Waals surface area contributed by atoms with Gasteiger partial charge in [0.2, 0.25) is 5.88 Å². The molecule has 36 heavy (non-hydrogen) atoms. The molecule has 0 bridgehead atoms. The number of aliphatic hydroxyl groups is 1. The van der Waals surface area contributed by atoms with E-state index in [0.29, 0.717) is 43.0 Å². The van der Waals surface area contributed by atoms with Crippen molar-refractivity contribution in [1.82, 2.24) is 14.7 Å². The monoisotopic (exact) mass is 493 g/mol. The molecular formula is C29H39N3O4. The van der Waals surface area contributed by atoms with Gasteiger partial charge in [-0.3, -0.25) is 4.90 Å². The van der Waals surface area contributed by atoms with Crippen LogP contribution in [0.1, 0.15) is 44.9 Å². The van der Waals surface area contributed by atoms with Crippen molar-refractivity contribution in [2.45, 2.75) is 58.8 Å². The van der Waals surface area contributed by atoms with E-state index in [9.17, 15) is 5.11 Å². The summed E-state index contributed by atoms with van der Waals surface area (Å²) < 4.78 is 19.8. The fraction of sp³-hybridized carbons (Fsp3) is 0.483. The van der Waals surface area contributed by atoms with Crippen LogP contribution in [0, 0.1) is 12.8 Å². The first kappa shape index (κ1) is 26.2. The van der Waals surface area contributed by atoms with Gasteiger partial charge in [-0.2, -0.15) is 5.10 Å². The van der Waals surface area contributed by atoms with E-state index < -0.39 is 6.10 Å². The average Bonchev–Trinajstić information content (AvgIpc) is 3.62.